The van der Waals surface area contributed by atoms with E-state index in [0.29, 0.717) is 16.5 Å². The van der Waals surface area contributed by atoms with Gasteiger partial charge in [0.05, 0.1) is 30.6 Å². The van der Waals surface area contributed by atoms with Crippen LogP contribution in [0.3, 0.4) is 0 Å². The minimum absolute atomic E-state index is 0.0653. The molecule has 0 aliphatic carbocycles. The van der Waals surface area contributed by atoms with E-state index in [9.17, 15) is 4.79 Å². The third kappa shape index (κ3) is 4.75. The highest BCUT2D eigenvalue weighted by Gasteiger charge is 2.42. The Balaban J connectivity index is 1.64. The maximum atomic E-state index is 12.3. The van der Waals surface area contributed by atoms with Crippen LogP contribution >= 0.6 is 23.6 Å². The van der Waals surface area contributed by atoms with Crippen LogP contribution < -0.4 is 20.3 Å². The van der Waals surface area contributed by atoms with Crippen molar-refractivity contribution in [3.8, 4) is 10.9 Å². The van der Waals surface area contributed by atoms with Gasteiger partial charge < -0.3 is 25.0 Å². The normalized spacial score (nSPS) is 16.9. The number of anilines is 2. The summed E-state index contributed by atoms with van der Waals surface area (Å²) in [5.74, 6) is 0.260. The third-order valence-corrected chi connectivity index (χ3v) is 7.58. The number of hydrogen-bond donors (Lipinski definition) is 2. The number of amides is 1. The fraction of sp³-hybridized carbons (Fsp3) is 0.259. The number of nitrogens with zero attached hydrogens (tertiary/aromatic N) is 4. The van der Waals surface area contributed by atoms with Crippen LogP contribution in [0.2, 0.25) is 0 Å². The second-order valence-electron chi connectivity index (χ2n) is 8.84. The fourth-order valence-corrected chi connectivity index (χ4v) is 6.02. The molecule has 0 saturated carbocycles. The molecule has 0 spiro atoms. The van der Waals surface area contributed by atoms with Gasteiger partial charge in [0.25, 0.3) is 0 Å². The Bertz CT molecular complexity index is 1460. The highest BCUT2D eigenvalue weighted by atomic mass is 32.1. The van der Waals surface area contributed by atoms with E-state index in [1.165, 1.54) is 7.11 Å². The zero-order valence-electron chi connectivity index (χ0n) is 21.5. The van der Waals surface area contributed by atoms with Crippen molar-refractivity contribution in [1.29, 1.82) is 0 Å². The minimum Gasteiger partial charge on any atom is -0.495 e. The Hall–Kier alpha value is -3.80. The molecule has 38 heavy (non-hydrogen) atoms. The van der Waals surface area contributed by atoms with Crippen LogP contribution in [-0.4, -0.2) is 46.4 Å². The second kappa shape index (κ2) is 10.9. The molecule has 2 atom stereocenters. The van der Waals surface area contributed by atoms with Crippen molar-refractivity contribution in [2.45, 2.75) is 25.9 Å². The molecular weight excluding hydrogens is 520 g/mol. The topological polar surface area (TPSA) is 93.5 Å². The maximum absolute atomic E-state index is 12.3. The summed E-state index contributed by atoms with van der Waals surface area (Å²) in [5.41, 5.74) is 5.46. The van der Waals surface area contributed by atoms with Crippen LogP contribution in [0, 0.1) is 13.8 Å². The average molecular weight is 549 g/mol. The van der Waals surface area contributed by atoms with Crippen molar-refractivity contribution in [3.63, 3.8) is 0 Å². The molecule has 3 aromatic heterocycles. The first kappa shape index (κ1) is 25.8. The number of thiazole rings is 1. The van der Waals surface area contributed by atoms with Crippen LogP contribution in [0.1, 0.15) is 34.7 Å². The first-order valence-corrected chi connectivity index (χ1v) is 13.3. The molecule has 4 heterocycles. The quantitative estimate of drug-likeness (QED) is 0.306. The molecule has 1 saturated heterocycles. The molecule has 0 bridgehead atoms. The number of methoxy groups -OCH3 is 2. The van der Waals surface area contributed by atoms with E-state index in [4.69, 9.17) is 21.7 Å². The van der Waals surface area contributed by atoms with Gasteiger partial charge in [-0.1, -0.05) is 6.07 Å². The van der Waals surface area contributed by atoms with Crippen molar-refractivity contribution in [2.75, 3.05) is 31.0 Å². The summed E-state index contributed by atoms with van der Waals surface area (Å²) in [6.07, 6.45) is 3.60. The van der Waals surface area contributed by atoms with Gasteiger partial charge in [0.15, 0.2) is 10.2 Å². The van der Waals surface area contributed by atoms with Gasteiger partial charge in [0, 0.05) is 42.0 Å². The number of carbonyl (C=O) groups is 1. The lowest BCUT2D eigenvalue weighted by Gasteiger charge is -2.29. The molecule has 5 rings (SSSR count). The number of ether oxygens (including phenoxy) is 2. The monoisotopic (exact) mass is 548 g/mol. The van der Waals surface area contributed by atoms with Gasteiger partial charge >= 0.3 is 0 Å². The lowest BCUT2D eigenvalue weighted by atomic mass is 9.96. The molecule has 4 aromatic rings. The molecule has 1 aliphatic rings. The molecule has 1 amide bonds. The van der Waals surface area contributed by atoms with E-state index < -0.39 is 0 Å². The number of aromatic nitrogens is 3. The van der Waals surface area contributed by atoms with Gasteiger partial charge in [-0.05, 0) is 68.0 Å². The summed E-state index contributed by atoms with van der Waals surface area (Å²) in [5, 5.41) is 9.82. The Morgan fingerprint density at radius 1 is 1.16 bits per heavy atom. The zero-order chi connectivity index (χ0) is 26.8. The molecule has 1 aliphatic heterocycles. The van der Waals surface area contributed by atoms with E-state index in [2.05, 4.69) is 50.0 Å². The van der Waals surface area contributed by atoms with Gasteiger partial charge in [-0.3, -0.25) is 14.3 Å². The van der Waals surface area contributed by atoms with Crippen molar-refractivity contribution < 1.29 is 14.3 Å². The number of carbonyl (C=O) groups excluding carboxylic acids is 1. The van der Waals surface area contributed by atoms with Crippen molar-refractivity contribution in [3.05, 3.63) is 82.9 Å². The molecule has 1 aromatic carbocycles. The van der Waals surface area contributed by atoms with Crippen LogP contribution in [0.4, 0.5) is 11.4 Å². The molecule has 0 unspecified atom stereocenters. The number of thiocarbonyl (C=S) groups is 1. The standard InChI is InChI=1S/C27H28N6O3S2/c1-16-13-19(17(2)32(16)27-29-11-12-38-27)25-24(20-7-5-6-10-28-20)31-26(37)33(25)18-8-9-22(36-4)21(14-18)30-23(34)15-35-3/h5-14,24-25H,15H2,1-4H3,(H,30,34)(H,31,37)/t24-,25+/m1/s1. The summed E-state index contributed by atoms with van der Waals surface area (Å²) in [7, 11) is 3.04. The smallest absolute Gasteiger partial charge is 0.250 e. The van der Waals surface area contributed by atoms with E-state index in [0.717, 1.165) is 33.5 Å². The number of aryl methyl sites for hydroxylation is 1. The average Bonchev–Trinajstić information content (AvgIpc) is 3.62. The SMILES string of the molecule is COCC(=O)Nc1cc(N2C(=S)N[C@H](c3ccccn3)[C@@H]2c2cc(C)n(-c3nccs3)c2C)ccc1OC. The zero-order valence-corrected chi connectivity index (χ0v) is 23.1. The van der Waals surface area contributed by atoms with Gasteiger partial charge in [0.2, 0.25) is 5.91 Å². The van der Waals surface area contributed by atoms with E-state index in [-0.39, 0.29) is 24.6 Å². The third-order valence-electron chi connectivity index (χ3n) is 6.51. The first-order chi connectivity index (χ1) is 18.4. The van der Waals surface area contributed by atoms with Crippen LogP contribution in [0.25, 0.3) is 5.13 Å². The maximum Gasteiger partial charge on any atom is 0.250 e. The lowest BCUT2D eigenvalue weighted by molar-refractivity contribution is -0.119. The highest BCUT2D eigenvalue weighted by Crippen LogP contribution is 2.45. The summed E-state index contributed by atoms with van der Waals surface area (Å²) in [6.45, 7) is 4.11. The highest BCUT2D eigenvalue weighted by molar-refractivity contribution is 7.80. The predicted octanol–water partition coefficient (Wildman–Crippen LogP) is 4.72. The Morgan fingerprint density at radius 2 is 2.00 bits per heavy atom. The summed E-state index contributed by atoms with van der Waals surface area (Å²) < 4.78 is 12.7. The summed E-state index contributed by atoms with van der Waals surface area (Å²) >= 11 is 7.50. The predicted molar refractivity (Wildman–Crippen MR) is 152 cm³/mol. The Kier molecular flexibility index (Phi) is 7.41. The molecule has 1 fully saturated rings. The number of pyridine rings is 1. The minimum atomic E-state index is -0.278. The fourth-order valence-electron chi connectivity index (χ4n) is 4.92. The van der Waals surface area contributed by atoms with E-state index in [1.54, 1.807) is 24.6 Å². The molecule has 2 N–H and O–H groups in total. The van der Waals surface area contributed by atoms with Crippen LogP contribution in [0.5, 0.6) is 5.75 Å². The summed E-state index contributed by atoms with van der Waals surface area (Å²) in [6, 6.07) is 13.3. The molecule has 11 heteroatoms. The largest absolute Gasteiger partial charge is 0.495 e. The lowest BCUT2D eigenvalue weighted by Crippen LogP contribution is -2.29. The number of benzene rings is 1. The Morgan fingerprint density at radius 3 is 2.68 bits per heavy atom. The van der Waals surface area contributed by atoms with Gasteiger partial charge in [0.1, 0.15) is 12.4 Å². The van der Waals surface area contributed by atoms with E-state index in [1.807, 2.05) is 48.0 Å². The van der Waals surface area contributed by atoms with Gasteiger partial charge in [-0.15, -0.1) is 11.3 Å². The molecule has 9 nitrogen and oxygen atoms in total. The van der Waals surface area contributed by atoms with Crippen LogP contribution in [-0.2, 0) is 9.53 Å². The number of hydrogen-bond acceptors (Lipinski definition) is 7. The molecule has 0 radical (unpaired) electrons. The van der Waals surface area contributed by atoms with Crippen molar-refractivity contribution in [2.24, 2.45) is 0 Å². The number of nitrogens with one attached hydrogen (secondary N) is 2. The van der Waals surface area contributed by atoms with Crippen molar-refractivity contribution in [1.82, 2.24) is 19.9 Å². The molecule has 196 valence electrons. The van der Waals surface area contributed by atoms with Crippen LogP contribution in [0.15, 0.2) is 60.2 Å². The van der Waals surface area contributed by atoms with Crippen molar-refractivity contribution >= 4 is 45.9 Å². The summed E-state index contributed by atoms with van der Waals surface area (Å²) in [4.78, 5) is 23.6. The Labute approximate surface area is 230 Å². The molecular formula is C27H28N6O3S2. The first-order valence-electron chi connectivity index (χ1n) is 12.0. The number of rotatable bonds is 8. The second-order valence-corrected chi connectivity index (χ2v) is 10.1. The van der Waals surface area contributed by atoms with E-state index >= 15 is 0 Å². The van der Waals surface area contributed by atoms with Gasteiger partial charge in [-0.25, -0.2) is 4.98 Å². The van der Waals surface area contributed by atoms with Gasteiger partial charge in [-0.2, -0.15) is 0 Å².